The lowest BCUT2D eigenvalue weighted by Gasteiger charge is -2.14. The zero-order valence-corrected chi connectivity index (χ0v) is 14.2. The fourth-order valence-corrected chi connectivity index (χ4v) is 2.21. The molecule has 0 bridgehead atoms. The summed E-state index contributed by atoms with van der Waals surface area (Å²) >= 11 is 0. The Morgan fingerprint density at radius 2 is 1.79 bits per heavy atom. The van der Waals surface area contributed by atoms with Gasteiger partial charge in [-0.15, -0.1) is 0 Å². The van der Waals surface area contributed by atoms with Crippen LogP contribution in [0.3, 0.4) is 0 Å². The normalized spacial score (nSPS) is 11.6. The van der Waals surface area contributed by atoms with E-state index in [2.05, 4.69) is 16.0 Å². The number of aryl methyl sites for hydroxylation is 1. The van der Waals surface area contributed by atoms with Crippen molar-refractivity contribution < 1.29 is 9.59 Å². The van der Waals surface area contributed by atoms with E-state index in [1.165, 1.54) is 0 Å². The van der Waals surface area contributed by atoms with Gasteiger partial charge in [0.2, 0.25) is 0 Å². The van der Waals surface area contributed by atoms with Crippen LogP contribution >= 0.6 is 0 Å². The van der Waals surface area contributed by atoms with Crippen LogP contribution in [-0.4, -0.2) is 31.4 Å². The first kappa shape index (κ1) is 17.7. The molecule has 2 amide bonds. The van der Waals surface area contributed by atoms with E-state index in [9.17, 15) is 9.59 Å². The van der Waals surface area contributed by atoms with Crippen molar-refractivity contribution in [2.45, 2.75) is 19.9 Å². The average Bonchev–Trinajstić information content (AvgIpc) is 2.59. The quantitative estimate of drug-likeness (QED) is 0.764. The number of rotatable bonds is 6. The van der Waals surface area contributed by atoms with Gasteiger partial charge in [-0.25, -0.2) is 0 Å². The number of nitrogens with one attached hydrogen (secondary N) is 3. The van der Waals surface area contributed by atoms with Crippen LogP contribution in [0.2, 0.25) is 0 Å². The first-order valence-corrected chi connectivity index (χ1v) is 7.93. The van der Waals surface area contributed by atoms with Crippen LogP contribution in [-0.2, 0) is 0 Å². The van der Waals surface area contributed by atoms with Crippen molar-refractivity contribution in [3.05, 3.63) is 65.2 Å². The summed E-state index contributed by atoms with van der Waals surface area (Å²) in [6, 6.07) is 14.5. The fourth-order valence-electron chi connectivity index (χ4n) is 2.21. The Kier molecular flexibility index (Phi) is 6.09. The van der Waals surface area contributed by atoms with Crippen molar-refractivity contribution in [3.63, 3.8) is 0 Å². The second-order valence-corrected chi connectivity index (χ2v) is 5.77. The fraction of sp³-hybridized carbons (Fsp3) is 0.263. The molecule has 24 heavy (non-hydrogen) atoms. The topological polar surface area (TPSA) is 70.2 Å². The summed E-state index contributed by atoms with van der Waals surface area (Å²) < 4.78 is 0. The Hall–Kier alpha value is -2.66. The predicted octanol–water partition coefficient (Wildman–Crippen LogP) is 2.59. The molecule has 0 fully saturated rings. The monoisotopic (exact) mass is 325 g/mol. The summed E-state index contributed by atoms with van der Waals surface area (Å²) in [6.07, 6.45) is 0. The third-order valence-electron chi connectivity index (χ3n) is 3.76. The Balaban J connectivity index is 2.13. The number of hydrogen-bond donors (Lipinski definition) is 3. The molecule has 0 aliphatic rings. The van der Waals surface area contributed by atoms with Gasteiger partial charge in [-0.05, 0) is 45.2 Å². The molecule has 126 valence electrons. The highest BCUT2D eigenvalue weighted by molar-refractivity contribution is 6.09. The third kappa shape index (κ3) is 4.67. The van der Waals surface area contributed by atoms with E-state index in [0.717, 1.165) is 5.56 Å². The number of anilines is 1. The lowest BCUT2D eigenvalue weighted by molar-refractivity contribution is 0.0951. The molecule has 3 N–H and O–H groups in total. The number of amides is 2. The minimum atomic E-state index is -0.234. The van der Waals surface area contributed by atoms with E-state index in [-0.39, 0.29) is 17.9 Å². The summed E-state index contributed by atoms with van der Waals surface area (Å²) in [7, 11) is 1.84. The molecule has 5 heteroatoms. The zero-order valence-electron chi connectivity index (χ0n) is 14.2. The summed E-state index contributed by atoms with van der Waals surface area (Å²) in [4.78, 5) is 24.8. The average molecular weight is 325 g/mol. The van der Waals surface area contributed by atoms with Gasteiger partial charge in [-0.3, -0.25) is 9.59 Å². The molecule has 0 saturated carbocycles. The molecule has 0 heterocycles. The number of carbonyl (C=O) groups is 2. The summed E-state index contributed by atoms with van der Waals surface area (Å²) in [5, 5.41) is 8.74. The molecule has 2 aromatic rings. The van der Waals surface area contributed by atoms with Gasteiger partial charge in [0.1, 0.15) is 0 Å². The van der Waals surface area contributed by atoms with Crippen molar-refractivity contribution in [1.82, 2.24) is 10.6 Å². The van der Waals surface area contributed by atoms with E-state index in [0.29, 0.717) is 23.4 Å². The number of para-hydroxylation sites is 1. The van der Waals surface area contributed by atoms with Gasteiger partial charge >= 0.3 is 0 Å². The maximum absolute atomic E-state index is 12.4. The largest absolute Gasteiger partial charge is 0.350 e. The highest BCUT2D eigenvalue weighted by Crippen LogP contribution is 2.16. The molecule has 0 aromatic heterocycles. The molecule has 0 aliphatic carbocycles. The second-order valence-electron chi connectivity index (χ2n) is 5.77. The molecule has 0 spiro atoms. The maximum atomic E-state index is 12.4. The van der Waals surface area contributed by atoms with E-state index < -0.39 is 0 Å². The van der Waals surface area contributed by atoms with Crippen LogP contribution in [0.4, 0.5) is 5.69 Å². The number of benzene rings is 2. The molecule has 2 rings (SSSR count). The smallest absolute Gasteiger partial charge is 0.255 e. The van der Waals surface area contributed by atoms with Crippen molar-refractivity contribution in [1.29, 1.82) is 0 Å². The first-order chi connectivity index (χ1) is 11.5. The lowest BCUT2D eigenvalue weighted by Crippen LogP contribution is -2.37. The van der Waals surface area contributed by atoms with Crippen LogP contribution in [0.5, 0.6) is 0 Å². The van der Waals surface area contributed by atoms with Gasteiger partial charge in [0.05, 0.1) is 11.3 Å². The Morgan fingerprint density at radius 3 is 2.50 bits per heavy atom. The number of carbonyl (C=O) groups excluding carboxylic acids is 2. The Labute approximate surface area is 142 Å². The minimum absolute atomic E-state index is 0.169. The molecule has 1 atom stereocenters. The van der Waals surface area contributed by atoms with Crippen LogP contribution < -0.4 is 16.0 Å². The standard InChI is InChI=1S/C19H23N3O2/c1-13-7-6-8-15(11-13)18(23)22-17-10-5-4-9-16(17)19(24)21-12-14(2)20-3/h4-11,14,20H,12H2,1-3H3,(H,21,24)(H,22,23). The summed E-state index contributed by atoms with van der Waals surface area (Å²) in [5.41, 5.74) is 2.52. The zero-order chi connectivity index (χ0) is 17.5. The number of likely N-dealkylation sites (N-methyl/N-ethyl adjacent to an activating group) is 1. The summed E-state index contributed by atoms with van der Waals surface area (Å²) in [5.74, 6) is -0.445. The van der Waals surface area contributed by atoms with Crippen LogP contribution in [0.1, 0.15) is 33.2 Å². The van der Waals surface area contributed by atoms with Crippen LogP contribution in [0, 0.1) is 6.92 Å². The molecule has 5 nitrogen and oxygen atoms in total. The maximum Gasteiger partial charge on any atom is 0.255 e. The molecule has 2 aromatic carbocycles. The number of hydrogen-bond acceptors (Lipinski definition) is 3. The van der Waals surface area contributed by atoms with Crippen molar-refractivity contribution in [3.8, 4) is 0 Å². The highest BCUT2D eigenvalue weighted by atomic mass is 16.2. The predicted molar refractivity (Wildman–Crippen MR) is 96.4 cm³/mol. The van der Waals surface area contributed by atoms with Gasteiger partial charge < -0.3 is 16.0 Å². The Bertz CT molecular complexity index is 728. The van der Waals surface area contributed by atoms with Gasteiger partial charge in [0, 0.05) is 18.2 Å². The van der Waals surface area contributed by atoms with E-state index in [1.54, 1.807) is 30.3 Å². The molecule has 0 aliphatic heterocycles. The van der Waals surface area contributed by atoms with Crippen molar-refractivity contribution in [2.75, 3.05) is 18.9 Å². The molecule has 1 unspecified atom stereocenters. The van der Waals surface area contributed by atoms with Crippen LogP contribution in [0.25, 0.3) is 0 Å². The first-order valence-electron chi connectivity index (χ1n) is 7.93. The van der Waals surface area contributed by atoms with Gasteiger partial charge in [0.25, 0.3) is 11.8 Å². The molecular formula is C19H23N3O2. The summed E-state index contributed by atoms with van der Waals surface area (Å²) in [6.45, 7) is 4.42. The third-order valence-corrected chi connectivity index (χ3v) is 3.76. The van der Waals surface area contributed by atoms with Crippen molar-refractivity contribution >= 4 is 17.5 Å². The second kappa shape index (κ2) is 8.26. The van der Waals surface area contributed by atoms with Gasteiger partial charge in [-0.1, -0.05) is 29.8 Å². The van der Waals surface area contributed by atoms with Crippen LogP contribution in [0.15, 0.2) is 48.5 Å². The van der Waals surface area contributed by atoms with Gasteiger partial charge in [-0.2, -0.15) is 0 Å². The lowest BCUT2D eigenvalue weighted by atomic mass is 10.1. The van der Waals surface area contributed by atoms with E-state index >= 15 is 0 Å². The van der Waals surface area contributed by atoms with Crippen molar-refractivity contribution in [2.24, 2.45) is 0 Å². The SMILES string of the molecule is CNC(C)CNC(=O)c1ccccc1NC(=O)c1cccc(C)c1. The van der Waals surface area contributed by atoms with E-state index in [4.69, 9.17) is 0 Å². The highest BCUT2D eigenvalue weighted by Gasteiger charge is 2.14. The minimum Gasteiger partial charge on any atom is -0.350 e. The Morgan fingerprint density at radius 1 is 1.04 bits per heavy atom. The molecule has 0 saturated heterocycles. The molecular weight excluding hydrogens is 302 g/mol. The van der Waals surface area contributed by atoms with E-state index in [1.807, 2.05) is 39.1 Å². The van der Waals surface area contributed by atoms with Gasteiger partial charge in [0.15, 0.2) is 0 Å². The molecule has 0 radical (unpaired) electrons.